The second-order valence-corrected chi connectivity index (χ2v) is 4.54. The smallest absolute Gasteiger partial charge is 0.275 e. The van der Waals surface area contributed by atoms with Gasteiger partial charge in [-0.15, -0.1) is 11.3 Å². The summed E-state index contributed by atoms with van der Waals surface area (Å²) in [5.74, 6) is 0.133. The van der Waals surface area contributed by atoms with Crippen LogP contribution in [-0.4, -0.2) is 15.1 Å². The minimum Gasteiger partial charge on any atom is -0.508 e. The van der Waals surface area contributed by atoms with E-state index in [4.69, 9.17) is 0 Å². The van der Waals surface area contributed by atoms with Gasteiger partial charge in [0, 0.05) is 6.07 Å². The third-order valence-corrected chi connectivity index (χ3v) is 3.31. The van der Waals surface area contributed by atoms with Crippen LogP contribution in [-0.2, 0) is 0 Å². The number of rotatable bonds is 1. The molecule has 0 bridgehead atoms. The van der Waals surface area contributed by atoms with Gasteiger partial charge >= 0.3 is 0 Å². The molecule has 0 unspecified atom stereocenters. The number of aromatic hydroxyl groups is 1. The lowest BCUT2D eigenvalue weighted by Gasteiger charge is -2.01. The van der Waals surface area contributed by atoms with Crippen LogP contribution in [0.5, 0.6) is 5.75 Å². The zero-order chi connectivity index (χ0) is 11.8. The molecule has 0 saturated carbocycles. The molecule has 5 heteroatoms. The summed E-state index contributed by atoms with van der Waals surface area (Å²) >= 11 is 1.46. The summed E-state index contributed by atoms with van der Waals surface area (Å²) in [7, 11) is 0. The highest BCUT2D eigenvalue weighted by atomic mass is 32.1. The van der Waals surface area contributed by atoms with Gasteiger partial charge in [0.25, 0.3) is 5.56 Å². The minimum absolute atomic E-state index is 0.133. The number of nitrogens with one attached hydrogen (secondary N) is 1. The highest BCUT2D eigenvalue weighted by molar-refractivity contribution is 7.13. The summed E-state index contributed by atoms with van der Waals surface area (Å²) in [6.45, 7) is 0. The van der Waals surface area contributed by atoms with Crippen LogP contribution in [0.2, 0.25) is 0 Å². The molecule has 0 saturated heterocycles. The second kappa shape index (κ2) is 3.71. The van der Waals surface area contributed by atoms with Gasteiger partial charge in [0.2, 0.25) is 0 Å². The normalized spacial score (nSPS) is 10.8. The van der Waals surface area contributed by atoms with Crippen LogP contribution < -0.4 is 5.56 Å². The molecule has 17 heavy (non-hydrogen) atoms. The number of phenols is 1. The van der Waals surface area contributed by atoms with E-state index in [-0.39, 0.29) is 11.3 Å². The van der Waals surface area contributed by atoms with E-state index < -0.39 is 0 Å². The van der Waals surface area contributed by atoms with Gasteiger partial charge in [0.15, 0.2) is 0 Å². The Morgan fingerprint density at radius 1 is 1.29 bits per heavy atom. The van der Waals surface area contributed by atoms with Crippen LogP contribution in [0.4, 0.5) is 0 Å². The number of aromatic nitrogens is 2. The van der Waals surface area contributed by atoms with Crippen molar-refractivity contribution < 1.29 is 5.11 Å². The first-order valence-electron chi connectivity index (χ1n) is 5.01. The lowest BCUT2D eigenvalue weighted by Crippen LogP contribution is -2.10. The molecule has 0 atom stereocenters. The number of H-pyrrole nitrogens is 1. The van der Waals surface area contributed by atoms with Crippen LogP contribution in [0.1, 0.15) is 0 Å². The first-order valence-corrected chi connectivity index (χ1v) is 5.89. The molecule has 0 aliphatic heterocycles. The maximum atomic E-state index is 11.8. The van der Waals surface area contributed by atoms with E-state index >= 15 is 0 Å². The Morgan fingerprint density at radius 3 is 2.94 bits per heavy atom. The molecule has 0 spiro atoms. The molecule has 4 nitrogen and oxygen atoms in total. The molecule has 2 N–H and O–H groups in total. The van der Waals surface area contributed by atoms with Gasteiger partial charge in [-0.25, -0.2) is 4.98 Å². The predicted octanol–water partition coefficient (Wildman–Crippen LogP) is 2.36. The van der Waals surface area contributed by atoms with Crippen molar-refractivity contribution in [2.45, 2.75) is 0 Å². The van der Waals surface area contributed by atoms with Crippen molar-refractivity contribution in [3.8, 4) is 16.3 Å². The molecular weight excluding hydrogens is 236 g/mol. The summed E-state index contributed by atoms with van der Waals surface area (Å²) in [4.78, 5) is 19.7. The molecule has 1 aromatic carbocycles. The van der Waals surface area contributed by atoms with Crippen molar-refractivity contribution >= 4 is 22.4 Å². The number of thiophene rings is 1. The maximum absolute atomic E-state index is 11.8. The fourth-order valence-electron chi connectivity index (χ4n) is 1.65. The number of nitrogens with zero attached hydrogens (tertiary/aromatic N) is 1. The first kappa shape index (κ1) is 10.0. The molecule has 3 rings (SSSR count). The summed E-state index contributed by atoms with van der Waals surface area (Å²) < 4.78 is 0. The monoisotopic (exact) mass is 244 g/mol. The summed E-state index contributed by atoms with van der Waals surface area (Å²) in [6.07, 6.45) is 0. The minimum atomic E-state index is -0.217. The molecular formula is C12H8N2O2S. The van der Waals surface area contributed by atoms with Crippen LogP contribution in [0.25, 0.3) is 21.6 Å². The SMILES string of the molecule is O=c1[nH]c2ccc(O)cc2nc1-c1cccs1. The molecule has 2 aromatic heterocycles. The molecule has 0 aliphatic rings. The number of hydrogen-bond donors (Lipinski definition) is 2. The van der Waals surface area contributed by atoms with Crippen molar-refractivity contribution in [1.82, 2.24) is 9.97 Å². The Hall–Kier alpha value is -2.14. The molecule has 3 aromatic rings. The van der Waals surface area contributed by atoms with Crippen LogP contribution in [0, 0.1) is 0 Å². The molecule has 0 aliphatic carbocycles. The Bertz CT molecular complexity index is 732. The van der Waals surface area contributed by atoms with Gasteiger partial charge in [-0.1, -0.05) is 6.07 Å². The summed E-state index contributed by atoms with van der Waals surface area (Å²) in [5, 5.41) is 11.3. The maximum Gasteiger partial charge on any atom is 0.275 e. The largest absolute Gasteiger partial charge is 0.508 e. The van der Waals surface area contributed by atoms with Gasteiger partial charge in [0.05, 0.1) is 15.9 Å². The van der Waals surface area contributed by atoms with Crippen LogP contribution in [0.3, 0.4) is 0 Å². The van der Waals surface area contributed by atoms with E-state index in [0.717, 1.165) is 4.88 Å². The van der Waals surface area contributed by atoms with E-state index in [9.17, 15) is 9.90 Å². The predicted molar refractivity (Wildman–Crippen MR) is 67.3 cm³/mol. The second-order valence-electron chi connectivity index (χ2n) is 3.59. The van der Waals surface area contributed by atoms with Gasteiger partial charge < -0.3 is 10.1 Å². The third-order valence-electron chi connectivity index (χ3n) is 2.43. The van der Waals surface area contributed by atoms with Crippen molar-refractivity contribution in [3.05, 3.63) is 46.1 Å². The van der Waals surface area contributed by atoms with Crippen LogP contribution >= 0.6 is 11.3 Å². The summed E-state index contributed by atoms with van der Waals surface area (Å²) in [5.41, 5.74) is 1.37. The van der Waals surface area contributed by atoms with Gasteiger partial charge in [-0.2, -0.15) is 0 Å². The standard InChI is InChI=1S/C12H8N2O2S/c15-7-3-4-8-9(6-7)13-11(12(16)14-8)10-2-1-5-17-10/h1-6,15H,(H,14,16). The van der Waals surface area contributed by atoms with Gasteiger partial charge in [-0.05, 0) is 23.6 Å². The number of phenolic OH excluding ortho intramolecular Hbond substituents is 1. The first-order chi connectivity index (χ1) is 8.24. The quantitative estimate of drug-likeness (QED) is 0.690. The highest BCUT2D eigenvalue weighted by Gasteiger charge is 2.08. The van der Waals surface area contributed by atoms with Gasteiger partial charge in [-0.3, -0.25) is 4.79 Å². The van der Waals surface area contributed by atoms with E-state index in [1.54, 1.807) is 6.07 Å². The van der Waals surface area contributed by atoms with E-state index in [1.807, 2.05) is 17.5 Å². The average molecular weight is 244 g/mol. The van der Waals surface area contributed by atoms with Gasteiger partial charge in [0.1, 0.15) is 11.4 Å². The van der Waals surface area contributed by atoms with Crippen LogP contribution in [0.15, 0.2) is 40.5 Å². The van der Waals surface area contributed by atoms with E-state index in [2.05, 4.69) is 9.97 Å². The molecule has 84 valence electrons. The number of hydrogen-bond acceptors (Lipinski definition) is 4. The van der Waals surface area contributed by atoms with Crippen molar-refractivity contribution in [2.24, 2.45) is 0 Å². The molecule has 0 fully saturated rings. The highest BCUT2D eigenvalue weighted by Crippen LogP contribution is 2.22. The van der Waals surface area contributed by atoms with Crippen molar-refractivity contribution in [1.29, 1.82) is 0 Å². The summed E-state index contributed by atoms with van der Waals surface area (Å²) in [6, 6.07) is 8.40. The van der Waals surface area contributed by atoms with E-state index in [0.29, 0.717) is 16.7 Å². The Kier molecular flexibility index (Phi) is 2.19. The Morgan fingerprint density at radius 2 is 2.18 bits per heavy atom. The third kappa shape index (κ3) is 1.70. The Labute approximate surface area is 100 Å². The van der Waals surface area contributed by atoms with Crippen molar-refractivity contribution in [2.75, 3.05) is 0 Å². The molecule has 2 heterocycles. The fourth-order valence-corrected chi connectivity index (χ4v) is 2.36. The molecule has 0 amide bonds. The van der Waals surface area contributed by atoms with E-state index in [1.165, 1.54) is 23.5 Å². The zero-order valence-electron chi connectivity index (χ0n) is 8.68. The topological polar surface area (TPSA) is 66.0 Å². The van der Waals surface area contributed by atoms with Crippen molar-refractivity contribution in [3.63, 3.8) is 0 Å². The zero-order valence-corrected chi connectivity index (χ0v) is 9.49. The number of aromatic amines is 1. The average Bonchev–Trinajstić information content (AvgIpc) is 2.82. The number of benzene rings is 1. The Balaban J connectivity index is 2.33. The lowest BCUT2D eigenvalue weighted by atomic mass is 10.2. The fraction of sp³-hybridized carbons (Fsp3) is 0. The lowest BCUT2D eigenvalue weighted by molar-refractivity contribution is 0.476. The molecule has 0 radical (unpaired) electrons. The number of fused-ring (bicyclic) bond motifs is 1.